The van der Waals surface area contributed by atoms with Gasteiger partial charge in [-0.2, -0.15) is 10.2 Å². The van der Waals surface area contributed by atoms with E-state index in [9.17, 15) is 0 Å². The van der Waals surface area contributed by atoms with Crippen LogP contribution in [0.5, 0.6) is 11.5 Å². The second kappa shape index (κ2) is 18.7. The molecule has 48 heavy (non-hydrogen) atoms. The van der Waals surface area contributed by atoms with Crippen LogP contribution in [-0.4, -0.2) is 105 Å². The lowest BCUT2D eigenvalue weighted by atomic mass is 10.2. The highest BCUT2D eigenvalue weighted by atomic mass is 16.5. The van der Waals surface area contributed by atoms with E-state index in [1.165, 1.54) is 0 Å². The maximum Gasteiger partial charge on any atom is 0.134 e. The minimum absolute atomic E-state index is 0.387. The summed E-state index contributed by atoms with van der Waals surface area (Å²) in [5, 5.41) is 29.0. The van der Waals surface area contributed by atoms with Gasteiger partial charge in [0, 0.05) is 0 Å². The lowest BCUT2D eigenvalue weighted by Gasteiger charge is -2.23. The van der Waals surface area contributed by atoms with Gasteiger partial charge in [0.25, 0.3) is 0 Å². The summed E-state index contributed by atoms with van der Waals surface area (Å²) >= 11 is 0. The van der Waals surface area contributed by atoms with Gasteiger partial charge in [-0.15, -0.1) is 23.4 Å². The molecule has 4 heterocycles. The monoisotopic (exact) mass is 654 g/mol. The van der Waals surface area contributed by atoms with E-state index < -0.39 is 0 Å². The fraction of sp³-hybridized carbons (Fsp3) is 0.353. The molecule has 2 aromatic carbocycles. The molecule has 0 aliphatic carbocycles. The van der Waals surface area contributed by atoms with Crippen LogP contribution >= 0.6 is 0 Å². The molecule has 0 atom stereocenters. The zero-order chi connectivity index (χ0) is 33.2. The quantitative estimate of drug-likeness (QED) is 0.147. The van der Waals surface area contributed by atoms with Gasteiger partial charge < -0.3 is 18.9 Å². The molecule has 0 spiro atoms. The number of allylic oxidation sites excluding steroid dienone is 2. The summed E-state index contributed by atoms with van der Waals surface area (Å²) < 4.78 is 25.5. The third-order valence-electron chi connectivity index (χ3n) is 7.05. The second-order valence-electron chi connectivity index (χ2n) is 10.8. The summed E-state index contributed by atoms with van der Waals surface area (Å²) in [5.74, 6) is 1.58. The number of hydrogen-bond donors (Lipinski definition) is 0. The van der Waals surface area contributed by atoms with Crippen molar-refractivity contribution in [2.24, 2.45) is 10.2 Å². The average molecular weight is 655 g/mol. The van der Waals surface area contributed by atoms with E-state index in [1.54, 1.807) is 21.5 Å². The highest BCUT2D eigenvalue weighted by molar-refractivity contribution is 5.80. The standard InChI is InChI=1S/2C17H21N5O2/c2*1-2-7-22-13-16(19-20-22)14-24-17-5-3-15(4-6-17)12-18-21-8-10-23-11-9-21/h2*2-6,12-13H,1,7-11,14H2/b2*18-12+. The summed E-state index contributed by atoms with van der Waals surface area (Å²) in [6.07, 6.45) is 11.0. The second-order valence-corrected chi connectivity index (χ2v) is 10.8. The van der Waals surface area contributed by atoms with Gasteiger partial charge in [0.15, 0.2) is 0 Å². The van der Waals surface area contributed by atoms with Crippen LogP contribution in [0.3, 0.4) is 0 Å². The smallest absolute Gasteiger partial charge is 0.134 e. The summed E-state index contributed by atoms with van der Waals surface area (Å²) in [5.41, 5.74) is 3.64. The summed E-state index contributed by atoms with van der Waals surface area (Å²) in [4.78, 5) is 0. The molecule has 0 amide bonds. The van der Waals surface area contributed by atoms with Gasteiger partial charge in [-0.05, 0) is 59.7 Å². The molecule has 0 radical (unpaired) electrons. The number of morpholine rings is 2. The van der Waals surface area contributed by atoms with Crippen LogP contribution in [0, 0.1) is 0 Å². The molecule has 4 aromatic rings. The number of aromatic nitrogens is 6. The summed E-state index contributed by atoms with van der Waals surface area (Å²) in [6.45, 7) is 15.7. The van der Waals surface area contributed by atoms with Crippen molar-refractivity contribution in [2.75, 3.05) is 52.6 Å². The molecule has 14 nitrogen and oxygen atoms in total. The van der Waals surface area contributed by atoms with E-state index in [-0.39, 0.29) is 0 Å². The predicted octanol–water partition coefficient (Wildman–Crippen LogP) is 3.42. The van der Waals surface area contributed by atoms with Gasteiger partial charge in [0.1, 0.15) is 36.1 Å². The van der Waals surface area contributed by atoms with E-state index in [1.807, 2.05) is 83.4 Å². The van der Waals surface area contributed by atoms with Crippen LogP contribution in [0.4, 0.5) is 0 Å². The Kier molecular flexibility index (Phi) is 13.3. The number of benzene rings is 2. The fourth-order valence-electron chi connectivity index (χ4n) is 4.50. The Bertz CT molecular complexity index is 1470. The third-order valence-corrected chi connectivity index (χ3v) is 7.05. The van der Waals surface area contributed by atoms with Gasteiger partial charge in [0.05, 0.1) is 90.5 Å². The Morgan fingerprint density at radius 3 is 1.40 bits per heavy atom. The van der Waals surface area contributed by atoms with Crippen molar-refractivity contribution in [3.8, 4) is 11.5 Å². The van der Waals surface area contributed by atoms with Crippen molar-refractivity contribution in [2.45, 2.75) is 26.3 Å². The van der Waals surface area contributed by atoms with E-state index in [4.69, 9.17) is 18.9 Å². The van der Waals surface area contributed by atoms with Crippen molar-refractivity contribution in [3.63, 3.8) is 0 Å². The zero-order valence-corrected chi connectivity index (χ0v) is 27.1. The van der Waals surface area contributed by atoms with Crippen LogP contribution in [0.1, 0.15) is 22.5 Å². The molecule has 0 unspecified atom stereocenters. The lowest BCUT2D eigenvalue weighted by molar-refractivity contribution is 0.0396. The molecule has 2 aliphatic rings. The first kappa shape index (κ1) is 34.0. The van der Waals surface area contributed by atoms with Gasteiger partial charge in [-0.1, -0.05) is 22.6 Å². The Balaban J connectivity index is 0.000000188. The zero-order valence-electron chi connectivity index (χ0n) is 27.1. The molecule has 2 aromatic heterocycles. The van der Waals surface area contributed by atoms with Crippen molar-refractivity contribution in [1.29, 1.82) is 0 Å². The fourth-order valence-corrected chi connectivity index (χ4v) is 4.50. The number of hydrogen-bond acceptors (Lipinski definition) is 12. The number of ether oxygens (including phenoxy) is 4. The molecular formula is C34H42N10O4. The van der Waals surface area contributed by atoms with E-state index in [2.05, 4.69) is 44.0 Å². The first-order valence-corrected chi connectivity index (χ1v) is 15.9. The molecule has 252 valence electrons. The number of nitrogens with zero attached hydrogens (tertiary/aromatic N) is 10. The molecule has 0 N–H and O–H groups in total. The molecule has 2 aliphatic heterocycles. The van der Waals surface area contributed by atoms with Crippen LogP contribution < -0.4 is 9.47 Å². The van der Waals surface area contributed by atoms with Crippen molar-refractivity contribution >= 4 is 12.4 Å². The van der Waals surface area contributed by atoms with Gasteiger partial charge in [-0.3, -0.25) is 10.0 Å². The lowest BCUT2D eigenvalue weighted by Crippen LogP contribution is -2.32. The maximum atomic E-state index is 5.72. The molecule has 6 rings (SSSR count). The van der Waals surface area contributed by atoms with Crippen LogP contribution in [-0.2, 0) is 35.8 Å². The summed E-state index contributed by atoms with van der Waals surface area (Å²) in [6, 6.07) is 15.6. The van der Waals surface area contributed by atoms with Crippen LogP contribution in [0.25, 0.3) is 0 Å². The molecule has 0 saturated carbocycles. The molecule has 2 saturated heterocycles. The first-order chi connectivity index (χ1) is 23.7. The van der Waals surface area contributed by atoms with E-state index in [0.29, 0.717) is 26.3 Å². The van der Waals surface area contributed by atoms with Crippen molar-refractivity contribution < 1.29 is 18.9 Å². The predicted molar refractivity (Wildman–Crippen MR) is 182 cm³/mol. The van der Waals surface area contributed by atoms with Gasteiger partial charge in [-0.25, -0.2) is 9.36 Å². The van der Waals surface area contributed by atoms with Crippen molar-refractivity contribution in [1.82, 2.24) is 40.0 Å². The molecule has 14 heteroatoms. The van der Waals surface area contributed by atoms with Crippen molar-refractivity contribution in [3.05, 3.63) is 109 Å². The summed E-state index contributed by atoms with van der Waals surface area (Å²) in [7, 11) is 0. The number of rotatable bonds is 14. The van der Waals surface area contributed by atoms with Gasteiger partial charge >= 0.3 is 0 Å². The molecular weight excluding hydrogens is 612 g/mol. The highest BCUT2D eigenvalue weighted by Gasteiger charge is 2.08. The van der Waals surface area contributed by atoms with E-state index in [0.717, 1.165) is 86.6 Å². The first-order valence-electron chi connectivity index (χ1n) is 15.9. The minimum atomic E-state index is 0.387. The van der Waals surface area contributed by atoms with Crippen LogP contribution in [0.2, 0.25) is 0 Å². The van der Waals surface area contributed by atoms with Crippen LogP contribution in [0.15, 0.2) is 96.4 Å². The Morgan fingerprint density at radius 1 is 0.625 bits per heavy atom. The van der Waals surface area contributed by atoms with Gasteiger partial charge in [0.2, 0.25) is 0 Å². The maximum absolute atomic E-state index is 5.72. The Hall–Kier alpha value is -5.34. The largest absolute Gasteiger partial charge is 0.487 e. The Labute approximate surface area is 280 Å². The third kappa shape index (κ3) is 11.5. The topological polar surface area (TPSA) is 130 Å². The number of hydrazone groups is 2. The normalized spacial score (nSPS) is 14.9. The Morgan fingerprint density at radius 2 is 1.02 bits per heavy atom. The highest BCUT2D eigenvalue weighted by Crippen LogP contribution is 2.14. The average Bonchev–Trinajstić information content (AvgIpc) is 3.80. The molecule has 2 fully saturated rings. The molecule has 0 bridgehead atoms. The SMILES string of the molecule is C=CCn1cc(COc2ccc(/C=N/N3CCOCC3)cc2)nn1.C=CCn1cc(COc2ccc(/C=N/N3CCOCC3)cc2)nn1. The van der Waals surface area contributed by atoms with E-state index >= 15 is 0 Å². The minimum Gasteiger partial charge on any atom is -0.487 e.